The fraction of sp³-hybridized carbons (Fsp3) is 0.250. The molecule has 0 atom stereocenters. The molecule has 0 unspecified atom stereocenters. The Morgan fingerprint density at radius 3 is 2.70 bits per heavy atom. The molecule has 0 aromatic heterocycles. The van der Waals surface area contributed by atoms with Gasteiger partial charge in [-0.2, -0.15) is 0 Å². The van der Waals surface area contributed by atoms with Gasteiger partial charge >= 0.3 is 5.97 Å². The molecule has 0 spiro atoms. The number of carbonyl (C=O) groups excluding carboxylic acids is 3. The van der Waals surface area contributed by atoms with E-state index in [0.717, 1.165) is 11.0 Å². The number of esters is 1. The Morgan fingerprint density at radius 1 is 1.40 bits per heavy atom. The monoisotopic (exact) mass is 278 g/mol. The molecule has 1 aliphatic heterocycles. The zero-order valence-corrected chi connectivity index (χ0v) is 10.5. The predicted octanol–water partition coefficient (Wildman–Crippen LogP) is 0.687. The quantitative estimate of drug-likeness (QED) is 0.347. The third-order valence-corrected chi connectivity index (χ3v) is 2.77. The Hall–Kier alpha value is -2.77. The lowest BCUT2D eigenvalue weighted by molar-refractivity contribution is -0.385. The molecular weight excluding hydrogens is 268 g/mol. The number of rotatable bonds is 4. The van der Waals surface area contributed by atoms with E-state index in [4.69, 9.17) is 4.74 Å². The SMILES string of the molecule is CCOC(=O)CN1C(=O)C(=O)c2c1cccc2[N+](=O)[O-]. The molecule has 0 saturated heterocycles. The van der Waals surface area contributed by atoms with Crippen molar-refractivity contribution in [3.63, 3.8) is 0 Å². The smallest absolute Gasteiger partial charge is 0.326 e. The molecule has 2 rings (SSSR count). The Kier molecular flexibility index (Phi) is 3.47. The Bertz CT molecular complexity index is 624. The molecular formula is C12H10N2O6. The van der Waals surface area contributed by atoms with E-state index in [1.54, 1.807) is 6.92 Å². The predicted molar refractivity (Wildman–Crippen MR) is 66.4 cm³/mol. The highest BCUT2D eigenvalue weighted by molar-refractivity contribution is 6.53. The maximum absolute atomic E-state index is 11.8. The van der Waals surface area contributed by atoms with Gasteiger partial charge in [0.2, 0.25) is 0 Å². The Balaban J connectivity index is 2.44. The molecule has 1 amide bonds. The molecule has 0 radical (unpaired) electrons. The van der Waals surface area contributed by atoms with Crippen molar-refractivity contribution in [2.45, 2.75) is 6.92 Å². The van der Waals surface area contributed by atoms with Crippen LogP contribution in [0.3, 0.4) is 0 Å². The number of ketones is 1. The number of amides is 1. The second-order valence-electron chi connectivity index (χ2n) is 3.95. The van der Waals surface area contributed by atoms with Crippen molar-refractivity contribution in [3.05, 3.63) is 33.9 Å². The van der Waals surface area contributed by atoms with E-state index in [2.05, 4.69) is 0 Å². The van der Waals surface area contributed by atoms with Gasteiger partial charge in [0.25, 0.3) is 17.4 Å². The van der Waals surface area contributed by atoms with Crippen LogP contribution in [0.4, 0.5) is 11.4 Å². The minimum atomic E-state index is -0.989. The minimum Gasteiger partial charge on any atom is -0.465 e. The summed E-state index contributed by atoms with van der Waals surface area (Å²) in [7, 11) is 0. The second kappa shape index (κ2) is 5.08. The number of Topliss-reactive ketones (excluding diaryl/α,β-unsaturated/α-hetero) is 1. The molecule has 0 N–H and O–H groups in total. The Labute approximate surface area is 113 Å². The average molecular weight is 278 g/mol. The summed E-state index contributed by atoms with van der Waals surface area (Å²) in [5, 5.41) is 10.9. The van der Waals surface area contributed by atoms with Crippen LogP contribution in [0.15, 0.2) is 18.2 Å². The number of benzene rings is 1. The van der Waals surface area contributed by atoms with E-state index in [9.17, 15) is 24.5 Å². The van der Waals surface area contributed by atoms with Crippen molar-refractivity contribution in [3.8, 4) is 0 Å². The van der Waals surface area contributed by atoms with Gasteiger partial charge < -0.3 is 4.74 Å². The lowest BCUT2D eigenvalue weighted by atomic mass is 10.1. The van der Waals surface area contributed by atoms with Crippen molar-refractivity contribution >= 4 is 29.0 Å². The van der Waals surface area contributed by atoms with Crippen molar-refractivity contribution in [2.75, 3.05) is 18.1 Å². The van der Waals surface area contributed by atoms with Gasteiger partial charge in [0.1, 0.15) is 12.1 Å². The van der Waals surface area contributed by atoms with Crippen molar-refractivity contribution in [1.82, 2.24) is 0 Å². The van der Waals surface area contributed by atoms with Crippen molar-refractivity contribution in [1.29, 1.82) is 0 Å². The van der Waals surface area contributed by atoms with Crippen LogP contribution in [-0.2, 0) is 14.3 Å². The van der Waals surface area contributed by atoms with Crippen LogP contribution in [0.25, 0.3) is 0 Å². The van der Waals surface area contributed by atoms with Gasteiger partial charge in [0.05, 0.1) is 17.2 Å². The maximum Gasteiger partial charge on any atom is 0.326 e. The first-order valence-electron chi connectivity index (χ1n) is 5.76. The first-order chi connectivity index (χ1) is 9.47. The van der Waals surface area contributed by atoms with Gasteiger partial charge in [0, 0.05) is 6.07 Å². The summed E-state index contributed by atoms with van der Waals surface area (Å²) in [6.07, 6.45) is 0. The topological polar surface area (TPSA) is 107 Å². The molecule has 0 saturated carbocycles. The highest BCUT2D eigenvalue weighted by Gasteiger charge is 2.41. The number of nitrogens with zero attached hydrogens (tertiary/aromatic N) is 2. The summed E-state index contributed by atoms with van der Waals surface area (Å²) in [4.78, 5) is 46.1. The second-order valence-corrected chi connectivity index (χ2v) is 3.95. The van der Waals surface area contributed by atoms with Gasteiger partial charge in [-0.05, 0) is 13.0 Å². The average Bonchev–Trinajstić information content (AvgIpc) is 2.64. The number of carbonyl (C=O) groups is 3. The van der Waals surface area contributed by atoms with E-state index in [1.807, 2.05) is 0 Å². The number of nitro groups is 1. The maximum atomic E-state index is 11.8. The molecule has 0 bridgehead atoms. The number of nitro benzene ring substituents is 1. The van der Waals surface area contributed by atoms with E-state index in [-0.39, 0.29) is 17.9 Å². The van der Waals surface area contributed by atoms with Crippen LogP contribution in [0.1, 0.15) is 17.3 Å². The molecule has 104 valence electrons. The molecule has 1 aromatic carbocycles. The molecule has 1 aliphatic rings. The third kappa shape index (κ3) is 2.11. The van der Waals surface area contributed by atoms with Gasteiger partial charge in [-0.3, -0.25) is 29.4 Å². The summed E-state index contributed by atoms with van der Waals surface area (Å²) < 4.78 is 4.70. The number of anilines is 1. The summed E-state index contributed by atoms with van der Waals surface area (Å²) in [5.74, 6) is -2.65. The van der Waals surface area contributed by atoms with E-state index >= 15 is 0 Å². The third-order valence-electron chi connectivity index (χ3n) is 2.77. The molecule has 8 nitrogen and oxygen atoms in total. The highest BCUT2D eigenvalue weighted by atomic mass is 16.6. The van der Waals surface area contributed by atoms with E-state index in [1.165, 1.54) is 12.1 Å². The Morgan fingerprint density at radius 2 is 2.10 bits per heavy atom. The lowest BCUT2D eigenvalue weighted by Gasteiger charge is -2.14. The largest absolute Gasteiger partial charge is 0.465 e. The number of fused-ring (bicyclic) bond motifs is 1. The summed E-state index contributed by atoms with van der Waals surface area (Å²) >= 11 is 0. The molecule has 20 heavy (non-hydrogen) atoms. The highest BCUT2D eigenvalue weighted by Crippen LogP contribution is 2.35. The zero-order chi connectivity index (χ0) is 14.9. The van der Waals surface area contributed by atoms with Gasteiger partial charge in [-0.25, -0.2) is 0 Å². The van der Waals surface area contributed by atoms with Gasteiger partial charge in [0.15, 0.2) is 0 Å². The van der Waals surface area contributed by atoms with Crippen LogP contribution in [0, 0.1) is 10.1 Å². The first-order valence-corrected chi connectivity index (χ1v) is 5.76. The normalized spacial score (nSPS) is 13.3. The fourth-order valence-corrected chi connectivity index (χ4v) is 1.97. The molecule has 8 heteroatoms. The van der Waals surface area contributed by atoms with Crippen LogP contribution in [0.2, 0.25) is 0 Å². The summed E-state index contributed by atoms with van der Waals surface area (Å²) in [6.45, 7) is 1.29. The molecule has 0 fully saturated rings. The minimum absolute atomic E-state index is 0.0576. The molecule has 1 heterocycles. The van der Waals surface area contributed by atoms with Crippen LogP contribution in [-0.4, -0.2) is 35.7 Å². The lowest BCUT2D eigenvalue weighted by Crippen LogP contribution is -2.35. The van der Waals surface area contributed by atoms with E-state index in [0.29, 0.717) is 0 Å². The van der Waals surface area contributed by atoms with Gasteiger partial charge in [-0.15, -0.1) is 0 Å². The van der Waals surface area contributed by atoms with Crippen LogP contribution >= 0.6 is 0 Å². The summed E-state index contributed by atoms with van der Waals surface area (Å²) in [5.41, 5.74) is -0.679. The van der Waals surface area contributed by atoms with Gasteiger partial charge in [-0.1, -0.05) is 6.07 Å². The molecule has 0 aliphatic carbocycles. The summed E-state index contributed by atoms with van der Waals surface area (Å²) in [6, 6.07) is 3.86. The number of ether oxygens (including phenoxy) is 1. The first kappa shape index (κ1) is 13.7. The van der Waals surface area contributed by atoms with Crippen LogP contribution < -0.4 is 4.90 Å². The van der Waals surface area contributed by atoms with Crippen molar-refractivity contribution < 1.29 is 24.0 Å². The standard InChI is InChI=1S/C12H10N2O6/c1-2-20-9(15)6-13-7-4-3-5-8(14(18)19)10(7)11(16)12(13)17/h3-5H,2,6H2,1H3. The zero-order valence-electron chi connectivity index (χ0n) is 10.5. The number of hydrogen-bond acceptors (Lipinski definition) is 6. The van der Waals surface area contributed by atoms with E-state index < -0.39 is 34.8 Å². The molecule has 1 aromatic rings. The van der Waals surface area contributed by atoms with Crippen molar-refractivity contribution in [2.24, 2.45) is 0 Å². The number of hydrogen-bond donors (Lipinski definition) is 0. The fourth-order valence-electron chi connectivity index (χ4n) is 1.97. The van der Waals surface area contributed by atoms with Crippen LogP contribution in [0.5, 0.6) is 0 Å².